The van der Waals surface area contributed by atoms with Gasteiger partial charge in [0.25, 0.3) is 5.91 Å². The van der Waals surface area contributed by atoms with E-state index in [-0.39, 0.29) is 12.5 Å². The predicted molar refractivity (Wildman–Crippen MR) is 98.5 cm³/mol. The number of amides is 1. The van der Waals surface area contributed by atoms with Crippen LogP contribution < -0.4 is 24.3 Å². The molecule has 0 unspecified atom stereocenters. The number of allylic oxidation sites excluding steroid dienone is 1. The summed E-state index contributed by atoms with van der Waals surface area (Å²) < 4.78 is 21.9. The van der Waals surface area contributed by atoms with Crippen molar-refractivity contribution in [1.82, 2.24) is 0 Å². The van der Waals surface area contributed by atoms with E-state index < -0.39 is 0 Å². The zero-order chi connectivity index (χ0) is 18.4. The Labute approximate surface area is 152 Å². The molecule has 3 rings (SSSR count). The second kappa shape index (κ2) is 8.29. The number of fused-ring (bicyclic) bond motifs is 1. The standard InChI is InChI=1S/C20H21NO5/c1-3-4-14-11-16(23-2)6-8-17(14)26-13-20(22)21-15-5-7-18-19(12-15)25-10-9-24-18/h3,5-8,11-12H,1,4,9-10,13H2,2H3,(H,21,22). The first-order chi connectivity index (χ1) is 12.7. The number of methoxy groups -OCH3 is 1. The molecule has 1 aliphatic rings. The Bertz CT molecular complexity index is 803. The minimum atomic E-state index is -0.262. The smallest absolute Gasteiger partial charge is 0.262 e. The van der Waals surface area contributed by atoms with E-state index in [9.17, 15) is 4.79 Å². The Kier molecular flexibility index (Phi) is 5.63. The van der Waals surface area contributed by atoms with Gasteiger partial charge in [-0.25, -0.2) is 0 Å². The molecule has 6 nitrogen and oxygen atoms in total. The lowest BCUT2D eigenvalue weighted by Gasteiger charge is -2.19. The number of ether oxygens (including phenoxy) is 4. The van der Waals surface area contributed by atoms with Crippen LogP contribution in [0.25, 0.3) is 0 Å². The van der Waals surface area contributed by atoms with Gasteiger partial charge in [-0.05, 0) is 36.8 Å². The first-order valence-corrected chi connectivity index (χ1v) is 8.29. The maximum atomic E-state index is 12.2. The highest BCUT2D eigenvalue weighted by atomic mass is 16.6. The fourth-order valence-electron chi connectivity index (χ4n) is 2.60. The Morgan fingerprint density at radius 1 is 1.19 bits per heavy atom. The molecule has 0 spiro atoms. The molecule has 1 aliphatic heterocycles. The molecule has 1 N–H and O–H groups in total. The Morgan fingerprint density at radius 3 is 2.77 bits per heavy atom. The number of hydrogen-bond donors (Lipinski definition) is 1. The van der Waals surface area contributed by atoms with Crippen LogP contribution in [0.15, 0.2) is 49.1 Å². The summed E-state index contributed by atoms with van der Waals surface area (Å²) in [6, 6.07) is 10.7. The normalized spacial score (nSPS) is 12.2. The third kappa shape index (κ3) is 4.27. The van der Waals surface area contributed by atoms with Gasteiger partial charge in [-0.15, -0.1) is 6.58 Å². The molecule has 1 heterocycles. The lowest BCUT2D eigenvalue weighted by molar-refractivity contribution is -0.118. The maximum absolute atomic E-state index is 12.2. The van der Waals surface area contributed by atoms with Crippen molar-refractivity contribution in [1.29, 1.82) is 0 Å². The van der Waals surface area contributed by atoms with Crippen LogP contribution in [0, 0.1) is 0 Å². The minimum absolute atomic E-state index is 0.106. The molecule has 0 fully saturated rings. The average Bonchev–Trinajstić information content (AvgIpc) is 2.67. The monoisotopic (exact) mass is 355 g/mol. The molecule has 0 saturated heterocycles. The summed E-state index contributed by atoms with van der Waals surface area (Å²) in [5.41, 5.74) is 1.54. The van der Waals surface area contributed by atoms with E-state index >= 15 is 0 Å². The van der Waals surface area contributed by atoms with Crippen molar-refractivity contribution in [3.63, 3.8) is 0 Å². The highest BCUT2D eigenvalue weighted by Gasteiger charge is 2.13. The van der Waals surface area contributed by atoms with Gasteiger partial charge >= 0.3 is 0 Å². The summed E-state index contributed by atoms with van der Waals surface area (Å²) in [7, 11) is 1.61. The second-order valence-electron chi connectivity index (χ2n) is 5.66. The van der Waals surface area contributed by atoms with E-state index in [1.165, 1.54) is 0 Å². The van der Waals surface area contributed by atoms with Crippen molar-refractivity contribution in [2.24, 2.45) is 0 Å². The Morgan fingerprint density at radius 2 is 2.00 bits per heavy atom. The van der Waals surface area contributed by atoms with Gasteiger partial charge < -0.3 is 24.3 Å². The van der Waals surface area contributed by atoms with Crippen molar-refractivity contribution >= 4 is 11.6 Å². The number of carbonyl (C=O) groups excluding carboxylic acids is 1. The van der Waals surface area contributed by atoms with E-state index in [2.05, 4.69) is 11.9 Å². The minimum Gasteiger partial charge on any atom is -0.497 e. The third-order valence-corrected chi connectivity index (χ3v) is 3.82. The molecule has 1 amide bonds. The van der Waals surface area contributed by atoms with E-state index in [4.69, 9.17) is 18.9 Å². The number of nitrogens with one attached hydrogen (secondary N) is 1. The van der Waals surface area contributed by atoms with Crippen LogP contribution in [-0.4, -0.2) is 32.8 Å². The molecule has 0 radical (unpaired) electrons. The summed E-state index contributed by atoms with van der Waals surface area (Å²) in [4.78, 5) is 12.2. The fourth-order valence-corrected chi connectivity index (χ4v) is 2.60. The molecular formula is C20H21NO5. The van der Waals surface area contributed by atoms with Gasteiger partial charge in [-0.2, -0.15) is 0 Å². The topological polar surface area (TPSA) is 66.0 Å². The molecular weight excluding hydrogens is 334 g/mol. The molecule has 2 aromatic rings. The highest BCUT2D eigenvalue weighted by Crippen LogP contribution is 2.32. The van der Waals surface area contributed by atoms with Crippen LogP contribution in [0.1, 0.15) is 5.56 Å². The van der Waals surface area contributed by atoms with Crippen molar-refractivity contribution in [3.8, 4) is 23.0 Å². The van der Waals surface area contributed by atoms with Gasteiger partial charge in [-0.3, -0.25) is 4.79 Å². The summed E-state index contributed by atoms with van der Waals surface area (Å²) >= 11 is 0. The molecule has 136 valence electrons. The third-order valence-electron chi connectivity index (χ3n) is 3.82. The summed E-state index contributed by atoms with van der Waals surface area (Å²) in [6.45, 7) is 4.66. The van der Waals surface area contributed by atoms with E-state index in [1.54, 1.807) is 43.5 Å². The van der Waals surface area contributed by atoms with Crippen molar-refractivity contribution < 1.29 is 23.7 Å². The lowest BCUT2D eigenvalue weighted by Crippen LogP contribution is -2.21. The summed E-state index contributed by atoms with van der Waals surface area (Å²) in [5.74, 6) is 2.40. The van der Waals surface area contributed by atoms with Crippen LogP contribution in [0.2, 0.25) is 0 Å². The van der Waals surface area contributed by atoms with Gasteiger partial charge in [-0.1, -0.05) is 6.08 Å². The van der Waals surface area contributed by atoms with Crippen molar-refractivity contribution in [2.75, 3.05) is 32.2 Å². The molecule has 2 aromatic carbocycles. The maximum Gasteiger partial charge on any atom is 0.262 e. The number of hydrogen-bond acceptors (Lipinski definition) is 5. The van der Waals surface area contributed by atoms with Gasteiger partial charge in [0.15, 0.2) is 18.1 Å². The van der Waals surface area contributed by atoms with Crippen LogP contribution in [0.4, 0.5) is 5.69 Å². The molecule has 26 heavy (non-hydrogen) atoms. The van der Waals surface area contributed by atoms with Crippen molar-refractivity contribution in [3.05, 3.63) is 54.6 Å². The van der Waals surface area contributed by atoms with Gasteiger partial charge in [0.2, 0.25) is 0 Å². The summed E-state index contributed by atoms with van der Waals surface area (Å²) in [5, 5.41) is 2.79. The van der Waals surface area contributed by atoms with Crippen molar-refractivity contribution in [2.45, 2.75) is 6.42 Å². The SMILES string of the molecule is C=CCc1cc(OC)ccc1OCC(=O)Nc1ccc2c(c1)OCCO2. The Balaban J connectivity index is 1.61. The van der Waals surface area contributed by atoms with Gasteiger partial charge in [0.1, 0.15) is 24.7 Å². The highest BCUT2D eigenvalue weighted by molar-refractivity contribution is 5.92. The quantitative estimate of drug-likeness (QED) is 0.773. The first-order valence-electron chi connectivity index (χ1n) is 8.29. The van der Waals surface area contributed by atoms with Crippen LogP contribution in [-0.2, 0) is 11.2 Å². The first kappa shape index (κ1) is 17.7. The van der Waals surface area contributed by atoms with E-state index in [0.29, 0.717) is 42.6 Å². The average molecular weight is 355 g/mol. The summed E-state index contributed by atoms with van der Waals surface area (Å²) in [6.07, 6.45) is 2.40. The number of rotatable bonds is 7. The van der Waals surface area contributed by atoms with Gasteiger partial charge in [0.05, 0.1) is 7.11 Å². The molecule has 0 saturated carbocycles. The largest absolute Gasteiger partial charge is 0.497 e. The van der Waals surface area contributed by atoms with E-state index in [0.717, 1.165) is 11.3 Å². The zero-order valence-corrected chi connectivity index (χ0v) is 14.6. The lowest BCUT2D eigenvalue weighted by atomic mass is 10.1. The molecule has 0 aliphatic carbocycles. The van der Waals surface area contributed by atoms with Crippen LogP contribution in [0.3, 0.4) is 0 Å². The predicted octanol–water partition coefficient (Wildman–Crippen LogP) is 3.21. The van der Waals surface area contributed by atoms with E-state index in [1.807, 2.05) is 6.07 Å². The fraction of sp³-hybridized carbons (Fsp3) is 0.250. The van der Waals surface area contributed by atoms with Crippen LogP contribution >= 0.6 is 0 Å². The van der Waals surface area contributed by atoms with Gasteiger partial charge in [0, 0.05) is 17.3 Å². The molecule has 0 atom stereocenters. The number of benzene rings is 2. The number of carbonyl (C=O) groups is 1. The Hall–Kier alpha value is -3.15. The zero-order valence-electron chi connectivity index (χ0n) is 14.6. The second-order valence-corrected chi connectivity index (χ2v) is 5.66. The molecule has 0 bridgehead atoms. The number of anilines is 1. The van der Waals surface area contributed by atoms with Crippen LogP contribution in [0.5, 0.6) is 23.0 Å². The molecule has 6 heteroatoms. The molecule has 0 aromatic heterocycles.